The van der Waals surface area contributed by atoms with Crippen LogP contribution in [-0.4, -0.2) is 33.7 Å². The molecule has 0 bridgehead atoms. The Morgan fingerprint density at radius 1 is 1.42 bits per heavy atom. The molecule has 0 saturated heterocycles. The lowest BCUT2D eigenvalue weighted by Crippen LogP contribution is -2.38. The first-order chi connectivity index (χ1) is 8.57. The van der Waals surface area contributed by atoms with Crippen molar-refractivity contribution in [2.45, 2.75) is 45.0 Å². The van der Waals surface area contributed by atoms with Crippen LogP contribution in [0.25, 0.3) is 0 Å². The van der Waals surface area contributed by atoms with E-state index in [1.54, 1.807) is 27.7 Å². The fraction of sp³-hybridized carbons (Fsp3) is 0.818. The lowest BCUT2D eigenvalue weighted by Gasteiger charge is -2.20. The zero-order valence-corrected chi connectivity index (χ0v) is 12.3. The first kappa shape index (κ1) is 15.7. The van der Waals surface area contributed by atoms with E-state index in [1.165, 1.54) is 0 Å². The molecular formula is C11H20N2O5S. The van der Waals surface area contributed by atoms with Gasteiger partial charge in [0.2, 0.25) is 0 Å². The predicted octanol–water partition coefficient (Wildman–Crippen LogP) is 1.42. The number of rotatable bonds is 4. The van der Waals surface area contributed by atoms with Gasteiger partial charge in [-0.1, -0.05) is 0 Å². The maximum Gasteiger partial charge on any atom is 0.420 e. The van der Waals surface area contributed by atoms with Crippen molar-refractivity contribution in [3.63, 3.8) is 0 Å². The van der Waals surface area contributed by atoms with Crippen LogP contribution in [0.2, 0.25) is 0 Å². The summed E-state index contributed by atoms with van der Waals surface area (Å²) in [6.07, 6.45) is -0.626. The highest BCUT2D eigenvalue weighted by Gasteiger charge is 2.51. The summed E-state index contributed by atoms with van der Waals surface area (Å²) < 4.78 is 31.4. The Morgan fingerprint density at radius 3 is 2.47 bits per heavy atom. The van der Waals surface area contributed by atoms with E-state index in [2.05, 4.69) is 0 Å². The van der Waals surface area contributed by atoms with Crippen LogP contribution in [-0.2, 0) is 24.2 Å². The van der Waals surface area contributed by atoms with Gasteiger partial charge in [-0.05, 0) is 34.1 Å². The minimum absolute atomic E-state index is 0.237. The molecule has 19 heavy (non-hydrogen) atoms. The van der Waals surface area contributed by atoms with Crippen LogP contribution in [0.1, 0.15) is 34.1 Å². The van der Waals surface area contributed by atoms with E-state index in [9.17, 15) is 13.8 Å². The van der Waals surface area contributed by atoms with E-state index >= 15 is 0 Å². The molecule has 1 rings (SSSR count). The van der Waals surface area contributed by atoms with Gasteiger partial charge in [0, 0.05) is 0 Å². The van der Waals surface area contributed by atoms with E-state index in [4.69, 9.17) is 14.3 Å². The van der Waals surface area contributed by atoms with Crippen molar-refractivity contribution in [3.05, 3.63) is 0 Å². The second kappa shape index (κ2) is 5.36. The van der Waals surface area contributed by atoms with Gasteiger partial charge in [-0.15, -0.1) is 0 Å². The van der Waals surface area contributed by atoms with Crippen molar-refractivity contribution in [1.82, 2.24) is 4.72 Å². The third-order valence-electron chi connectivity index (χ3n) is 2.38. The molecule has 0 aliphatic heterocycles. The Bertz CT molecular complexity index is 466. The van der Waals surface area contributed by atoms with Gasteiger partial charge in [-0.2, -0.15) is 0 Å². The number of amides is 1. The van der Waals surface area contributed by atoms with E-state index in [0.717, 1.165) is 0 Å². The Balaban J connectivity index is 2.55. The Kier molecular flexibility index (Phi) is 4.44. The minimum Gasteiger partial charge on any atom is -0.466 e. The van der Waals surface area contributed by atoms with Crippen LogP contribution in [0, 0.1) is 10.7 Å². The number of nitrogens with one attached hydrogen (secondary N) is 2. The molecule has 8 heteroatoms. The molecule has 0 aromatic carbocycles. The lowest BCUT2D eigenvalue weighted by molar-refractivity contribution is -0.144. The SMILES string of the molecule is CCOC(=O)C1C[C@H]1S(=N)(=O)NC(=O)OC(C)(C)C. The maximum atomic E-state index is 12.0. The summed E-state index contributed by atoms with van der Waals surface area (Å²) in [5, 5.41) is -0.695. The number of hydrogen-bond donors (Lipinski definition) is 2. The molecule has 7 nitrogen and oxygen atoms in total. The zero-order valence-electron chi connectivity index (χ0n) is 11.5. The molecule has 1 amide bonds. The largest absolute Gasteiger partial charge is 0.466 e. The molecule has 2 unspecified atom stereocenters. The molecule has 0 aromatic rings. The molecule has 2 N–H and O–H groups in total. The number of carbonyl (C=O) groups is 2. The summed E-state index contributed by atoms with van der Waals surface area (Å²) in [5.41, 5.74) is -0.732. The quantitative estimate of drug-likeness (QED) is 0.762. The molecule has 1 saturated carbocycles. The lowest BCUT2D eigenvalue weighted by atomic mass is 10.2. The highest BCUT2D eigenvalue weighted by Crippen LogP contribution is 2.38. The third kappa shape index (κ3) is 4.70. The maximum absolute atomic E-state index is 12.0. The molecule has 0 radical (unpaired) electrons. The normalized spacial score (nSPS) is 25.1. The van der Waals surface area contributed by atoms with Gasteiger partial charge >= 0.3 is 12.1 Å². The molecule has 110 valence electrons. The summed E-state index contributed by atoms with van der Waals surface area (Å²) in [6.45, 7) is 6.90. The van der Waals surface area contributed by atoms with Crippen molar-refractivity contribution >= 4 is 22.0 Å². The van der Waals surface area contributed by atoms with Crippen molar-refractivity contribution in [2.75, 3.05) is 6.61 Å². The standard InChI is InChI=1S/C11H20N2O5S/c1-5-17-9(14)7-6-8(7)19(12,16)13-10(15)18-11(2,3)4/h7-8H,5-6H2,1-4H3,(H2,12,13,15,16)/t7?,8-,19?/m1/s1. The van der Waals surface area contributed by atoms with Crippen molar-refractivity contribution in [2.24, 2.45) is 5.92 Å². The van der Waals surface area contributed by atoms with Gasteiger partial charge in [0.1, 0.15) is 15.5 Å². The summed E-state index contributed by atoms with van der Waals surface area (Å²) in [7, 11) is -3.40. The zero-order chi connectivity index (χ0) is 14.8. The van der Waals surface area contributed by atoms with Gasteiger partial charge < -0.3 is 9.47 Å². The van der Waals surface area contributed by atoms with Crippen LogP contribution >= 0.6 is 0 Å². The smallest absolute Gasteiger partial charge is 0.420 e. The van der Waals surface area contributed by atoms with Crippen LogP contribution in [0.4, 0.5) is 4.79 Å². The molecule has 0 heterocycles. The van der Waals surface area contributed by atoms with Crippen LogP contribution in [0.5, 0.6) is 0 Å². The van der Waals surface area contributed by atoms with Gasteiger partial charge in [-0.25, -0.2) is 18.5 Å². The molecule has 3 atom stereocenters. The Hall–Kier alpha value is -1.31. The first-order valence-corrected chi connectivity index (χ1v) is 7.64. The fourth-order valence-electron chi connectivity index (χ4n) is 1.53. The monoisotopic (exact) mass is 292 g/mol. The predicted molar refractivity (Wildman–Crippen MR) is 68.8 cm³/mol. The topological polar surface area (TPSA) is 106 Å². The van der Waals surface area contributed by atoms with E-state index in [0.29, 0.717) is 0 Å². The molecule has 1 aliphatic carbocycles. The minimum atomic E-state index is -3.40. The molecule has 0 aromatic heterocycles. The molecular weight excluding hydrogens is 272 g/mol. The number of carbonyl (C=O) groups excluding carboxylic acids is 2. The van der Waals surface area contributed by atoms with Crippen molar-refractivity contribution in [3.8, 4) is 0 Å². The number of hydrogen-bond acceptors (Lipinski definition) is 6. The Morgan fingerprint density at radius 2 is 2.00 bits per heavy atom. The van der Waals surface area contributed by atoms with E-state index in [-0.39, 0.29) is 13.0 Å². The van der Waals surface area contributed by atoms with Crippen LogP contribution < -0.4 is 4.72 Å². The highest BCUT2D eigenvalue weighted by atomic mass is 32.2. The first-order valence-electron chi connectivity index (χ1n) is 6.02. The molecule has 1 aliphatic rings. The second-order valence-corrected chi connectivity index (χ2v) is 7.35. The van der Waals surface area contributed by atoms with Gasteiger partial charge in [0.15, 0.2) is 0 Å². The summed E-state index contributed by atoms with van der Waals surface area (Å²) in [4.78, 5) is 22.9. The van der Waals surface area contributed by atoms with Gasteiger partial charge in [0.05, 0.1) is 17.8 Å². The van der Waals surface area contributed by atoms with Gasteiger partial charge in [0.25, 0.3) is 0 Å². The summed E-state index contributed by atoms with van der Waals surface area (Å²) >= 11 is 0. The average molecular weight is 292 g/mol. The average Bonchev–Trinajstić information content (AvgIpc) is 2.92. The summed E-state index contributed by atoms with van der Waals surface area (Å²) in [6, 6.07) is 0. The molecule has 1 fully saturated rings. The van der Waals surface area contributed by atoms with Gasteiger partial charge in [-0.3, -0.25) is 4.79 Å². The number of esters is 1. The van der Waals surface area contributed by atoms with Crippen LogP contribution in [0.3, 0.4) is 0 Å². The van der Waals surface area contributed by atoms with Crippen LogP contribution in [0.15, 0.2) is 0 Å². The highest BCUT2D eigenvalue weighted by molar-refractivity contribution is 7.92. The molecule has 0 spiro atoms. The Labute approximate surface area is 113 Å². The summed E-state index contributed by atoms with van der Waals surface area (Å²) in [5.74, 6) is -1.04. The van der Waals surface area contributed by atoms with E-state index < -0.39 is 38.7 Å². The third-order valence-corrected chi connectivity index (χ3v) is 4.23. The van der Waals surface area contributed by atoms with Crippen molar-refractivity contribution < 1.29 is 23.3 Å². The van der Waals surface area contributed by atoms with E-state index in [1.807, 2.05) is 4.72 Å². The second-order valence-electron chi connectivity index (χ2n) is 5.34. The van der Waals surface area contributed by atoms with Crippen molar-refractivity contribution in [1.29, 1.82) is 4.78 Å². The number of ether oxygens (including phenoxy) is 2. The fourth-order valence-corrected chi connectivity index (χ4v) is 3.03.